The highest BCUT2D eigenvalue weighted by Gasteiger charge is 2.79. The third-order valence-electron chi connectivity index (χ3n) is 5.18. The Labute approximate surface area is 159 Å². The smallest absolute Gasteiger partial charge is 0.345 e. The van der Waals surface area contributed by atoms with Crippen LogP contribution < -0.4 is 5.32 Å². The van der Waals surface area contributed by atoms with Crippen molar-refractivity contribution < 1.29 is 23.5 Å². The number of carbonyl (C=O) groups is 3. The van der Waals surface area contributed by atoms with E-state index < -0.39 is 37.1 Å². The molecule has 3 rings (SSSR count). The van der Waals surface area contributed by atoms with Crippen LogP contribution in [0.1, 0.15) is 26.2 Å². The number of halogens is 1. The molecular formula is C18H24ClNO5Si. The highest BCUT2D eigenvalue weighted by Crippen LogP contribution is 2.51. The molecular weight excluding hydrogens is 374 g/mol. The van der Waals surface area contributed by atoms with Crippen molar-refractivity contribution in [3.05, 3.63) is 23.5 Å². The molecule has 0 aromatic rings. The summed E-state index contributed by atoms with van der Waals surface area (Å²) in [7, 11) is -1.82. The number of amides is 1. The lowest BCUT2D eigenvalue weighted by molar-refractivity contribution is -0.216. The number of ether oxygens (including phenoxy) is 1. The number of alkyl halides is 1. The predicted octanol–water partition coefficient (Wildman–Crippen LogP) is 2.44. The summed E-state index contributed by atoms with van der Waals surface area (Å²) in [5.41, 5.74) is -2.36. The van der Waals surface area contributed by atoms with Gasteiger partial charge in [0.1, 0.15) is 0 Å². The SMILES string of the molecule is C[C@@]12OC(=O)[C@]1(C(=O)C1=CC(O[Si](C)(C)C)=CCC1)NC(=O)[C@@H]2CCCl. The number of fused-ring (bicyclic) bond motifs is 1. The lowest BCUT2D eigenvalue weighted by atomic mass is 9.67. The van der Waals surface area contributed by atoms with Gasteiger partial charge in [-0.05, 0) is 58.0 Å². The first kappa shape index (κ1) is 19.2. The summed E-state index contributed by atoms with van der Waals surface area (Å²) < 4.78 is 11.3. The second kappa shape index (κ2) is 6.23. The molecule has 0 radical (unpaired) electrons. The monoisotopic (exact) mass is 397 g/mol. The van der Waals surface area contributed by atoms with E-state index in [0.717, 1.165) is 0 Å². The standard InChI is InChI=1S/C18H24ClNO5Si/c1-17-13(8-9-19)15(22)20-18(17,16(23)24-17)14(21)11-6-5-7-12(10-11)25-26(2,3)4/h7,10,13H,5-6,8-9H2,1-4H3,(H,20,22)/t13-,17-,18-/m0/s1. The normalized spacial score (nSPS) is 33.3. The van der Waals surface area contributed by atoms with Crippen LogP contribution in [0, 0.1) is 5.92 Å². The summed E-state index contributed by atoms with van der Waals surface area (Å²) in [4.78, 5) is 38.1. The van der Waals surface area contributed by atoms with Crippen LogP contribution in [-0.4, -0.2) is 43.0 Å². The number of ketones is 1. The topological polar surface area (TPSA) is 81.7 Å². The van der Waals surface area contributed by atoms with Crippen LogP contribution in [-0.2, 0) is 23.5 Å². The Kier molecular flexibility index (Phi) is 4.59. The fraction of sp³-hybridized carbons (Fsp3) is 0.611. The first-order valence-corrected chi connectivity index (χ1v) is 12.8. The molecule has 2 aliphatic heterocycles. The number of Topliss-reactive ketones (excluding diaryl/α,β-unsaturated/α-hetero) is 1. The van der Waals surface area contributed by atoms with Gasteiger partial charge < -0.3 is 14.5 Å². The molecule has 2 saturated heterocycles. The number of nitrogens with one attached hydrogen (secondary N) is 1. The predicted molar refractivity (Wildman–Crippen MR) is 99.0 cm³/mol. The van der Waals surface area contributed by atoms with E-state index in [4.69, 9.17) is 20.8 Å². The average molecular weight is 398 g/mol. The van der Waals surface area contributed by atoms with Gasteiger partial charge in [0.15, 0.2) is 11.4 Å². The maximum Gasteiger partial charge on any atom is 0.345 e. The van der Waals surface area contributed by atoms with Crippen LogP contribution in [0.3, 0.4) is 0 Å². The molecule has 0 bridgehead atoms. The number of esters is 1. The van der Waals surface area contributed by atoms with Crippen molar-refractivity contribution in [2.45, 2.75) is 57.0 Å². The highest BCUT2D eigenvalue weighted by atomic mass is 35.5. The number of carbonyl (C=O) groups excluding carboxylic acids is 3. The van der Waals surface area contributed by atoms with Crippen molar-refractivity contribution in [3.8, 4) is 0 Å². The Morgan fingerprint density at radius 2 is 2.12 bits per heavy atom. The molecule has 142 valence electrons. The van der Waals surface area contributed by atoms with Gasteiger partial charge in [-0.3, -0.25) is 9.59 Å². The molecule has 2 fully saturated rings. The van der Waals surface area contributed by atoms with E-state index in [1.165, 1.54) is 0 Å². The van der Waals surface area contributed by atoms with Crippen LogP contribution in [0.2, 0.25) is 19.6 Å². The average Bonchev–Trinajstić information content (AvgIpc) is 2.71. The second-order valence-electron chi connectivity index (χ2n) is 8.12. The summed E-state index contributed by atoms with van der Waals surface area (Å²) in [5.74, 6) is -1.18. The van der Waals surface area contributed by atoms with Gasteiger partial charge in [0.25, 0.3) is 0 Å². The van der Waals surface area contributed by atoms with Crippen molar-refractivity contribution in [1.29, 1.82) is 0 Å². The van der Waals surface area contributed by atoms with Crippen molar-refractivity contribution >= 4 is 37.6 Å². The van der Waals surface area contributed by atoms with Crippen molar-refractivity contribution in [1.82, 2.24) is 5.32 Å². The van der Waals surface area contributed by atoms with E-state index in [1.807, 2.05) is 6.08 Å². The van der Waals surface area contributed by atoms with Gasteiger partial charge in [0.05, 0.1) is 11.7 Å². The first-order valence-electron chi connectivity index (χ1n) is 8.81. The van der Waals surface area contributed by atoms with Gasteiger partial charge in [-0.1, -0.05) is 0 Å². The molecule has 6 nitrogen and oxygen atoms in total. The van der Waals surface area contributed by atoms with Crippen LogP contribution in [0.25, 0.3) is 0 Å². The van der Waals surface area contributed by atoms with Crippen molar-refractivity contribution in [2.24, 2.45) is 5.92 Å². The number of hydrogen-bond donors (Lipinski definition) is 1. The molecule has 0 aromatic carbocycles. The number of rotatable bonds is 6. The zero-order chi connectivity index (χ0) is 19.3. The van der Waals surface area contributed by atoms with Crippen LogP contribution in [0.5, 0.6) is 0 Å². The van der Waals surface area contributed by atoms with E-state index >= 15 is 0 Å². The Bertz CT molecular complexity index is 740. The highest BCUT2D eigenvalue weighted by molar-refractivity contribution is 6.70. The minimum absolute atomic E-state index is 0.245. The van der Waals surface area contributed by atoms with E-state index in [9.17, 15) is 14.4 Å². The molecule has 2 heterocycles. The van der Waals surface area contributed by atoms with Gasteiger partial charge in [-0.15, -0.1) is 11.6 Å². The number of allylic oxidation sites excluding steroid dienone is 2. The third kappa shape index (κ3) is 2.72. The Hall–Kier alpha value is -1.60. The summed E-state index contributed by atoms with van der Waals surface area (Å²) in [6, 6.07) is 0. The molecule has 1 aliphatic carbocycles. The van der Waals surface area contributed by atoms with Gasteiger partial charge in [0.2, 0.25) is 19.8 Å². The minimum atomic E-state index is -1.82. The molecule has 0 saturated carbocycles. The largest absolute Gasteiger partial charge is 0.545 e. The number of hydrogen-bond acceptors (Lipinski definition) is 5. The molecule has 0 unspecified atom stereocenters. The van der Waals surface area contributed by atoms with E-state index in [2.05, 4.69) is 25.0 Å². The van der Waals surface area contributed by atoms with E-state index in [-0.39, 0.29) is 11.8 Å². The quantitative estimate of drug-likeness (QED) is 0.322. The molecule has 3 atom stereocenters. The Balaban J connectivity index is 1.93. The van der Waals surface area contributed by atoms with Crippen molar-refractivity contribution in [2.75, 3.05) is 5.88 Å². The second-order valence-corrected chi connectivity index (χ2v) is 12.9. The van der Waals surface area contributed by atoms with Gasteiger partial charge in [-0.25, -0.2) is 4.79 Å². The zero-order valence-electron chi connectivity index (χ0n) is 15.5. The zero-order valence-corrected chi connectivity index (χ0v) is 17.2. The van der Waals surface area contributed by atoms with Crippen LogP contribution >= 0.6 is 11.6 Å². The first-order chi connectivity index (χ1) is 12.0. The summed E-state index contributed by atoms with van der Waals surface area (Å²) in [6.45, 7) is 7.82. The van der Waals surface area contributed by atoms with Gasteiger partial charge in [0, 0.05) is 11.5 Å². The fourth-order valence-electron chi connectivity index (χ4n) is 3.94. The maximum absolute atomic E-state index is 13.3. The summed E-state index contributed by atoms with van der Waals surface area (Å²) in [6.07, 6.45) is 5.15. The molecule has 1 N–H and O–H groups in total. The van der Waals surface area contributed by atoms with Crippen LogP contribution in [0.15, 0.2) is 23.5 Å². The molecule has 0 spiro atoms. The van der Waals surface area contributed by atoms with E-state index in [1.54, 1.807) is 13.0 Å². The van der Waals surface area contributed by atoms with Crippen LogP contribution in [0.4, 0.5) is 0 Å². The Morgan fingerprint density at radius 1 is 1.42 bits per heavy atom. The summed E-state index contributed by atoms with van der Waals surface area (Å²) in [5, 5.41) is 2.64. The maximum atomic E-state index is 13.3. The molecule has 1 amide bonds. The molecule has 8 heteroatoms. The lowest BCUT2D eigenvalue weighted by Crippen LogP contribution is -2.78. The molecule has 26 heavy (non-hydrogen) atoms. The van der Waals surface area contributed by atoms with Crippen molar-refractivity contribution in [3.63, 3.8) is 0 Å². The lowest BCUT2D eigenvalue weighted by Gasteiger charge is -2.50. The minimum Gasteiger partial charge on any atom is -0.545 e. The third-order valence-corrected chi connectivity index (χ3v) is 6.24. The van der Waals surface area contributed by atoms with E-state index in [0.29, 0.717) is 30.6 Å². The van der Waals surface area contributed by atoms with Gasteiger partial charge >= 0.3 is 5.97 Å². The Morgan fingerprint density at radius 3 is 2.69 bits per heavy atom. The van der Waals surface area contributed by atoms with Gasteiger partial charge in [-0.2, -0.15) is 0 Å². The summed E-state index contributed by atoms with van der Waals surface area (Å²) >= 11 is 5.80. The molecule has 3 aliphatic rings. The molecule has 0 aromatic heterocycles. The fourth-order valence-corrected chi connectivity index (χ4v) is 5.01.